The number of furan rings is 1. The van der Waals surface area contributed by atoms with Crippen LogP contribution in [-0.4, -0.2) is 17.7 Å². The van der Waals surface area contributed by atoms with Crippen LogP contribution in [0.1, 0.15) is 42.5 Å². The fourth-order valence-corrected chi connectivity index (χ4v) is 2.76. The van der Waals surface area contributed by atoms with Crippen LogP contribution in [0.3, 0.4) is 0 Å². The molecule has 0 saturated carbocycles. The van der Waals surface area contributed by atoms with Gasteiger partial charge >= 0.3 is 0 Å². The molecule has 0 fully saturated rings. The van der Waals surface area contributed by atoms with E-state index in [0.29, 0.717) is 11.3 Å². The molecule has 3 rings (SSSR count). The summed E-state index contributed by atoms with van der Waals surface area (Å²) in [6.07, 6.45) is 5.18. The van der Waals surface area contributed by atoms with Crippen LogP contribution in [0.2, 0.25) is 0 Å². The molecule has 0 saturated heterocycles. The molecule has 0 radical (unpaired) electrons. The maximum atomic E-state index is 12.4. The first-order valence-corrected chi connectivity index (χ1v) is 7.44. The van der Waals surface area contributed by atoms with E-state index in [4.69, 9.17) is 4.42 Å². The molecule has 1 aromatic carbocycles. The fourth-order valence-electron chi connectivity index (χ4n) is 2.76. The van der Waals surface area contributed by atoms with Crippen LogP contribution in [0.15, 0.2) is 52.2 Å². The molecule has 0 spiro atoms. The van der Waals surface area contributed by atoms with Crippen LogP contribution in [0, 0.1) is 0 Å². The van der Waals surface area contributed by atoms with Gasteiger partial charge in [-0.3, -0.25) is 4.79 Å². The molecule has 1 aliphatic heterocycles. The van der Waals surface area contributed by atoms with Crippen LogP contribution in [-0.2, 0) is 0 Å². The third-order valence-electron chi connectivity index (χ3n) is 3.66. The number of allylic oxidation sites excluding steroid dienone is 1. The second-order valence-corrected chi connectivity index (χ2v) is 6.12. The quantitative estimate of drug-likeness (QED) is 0.672. The van der Waals surface area contributed by atoms with E-state index in [-0.39, 0.29) is 11.4 Å². The van der Waals surface area contributed by atoms with Gasteiger partial charge in [0.05, 0.1) is 29.3 Å². The van der Waals surface area contributed by atoms with Crippen molar-refractivity contribution in [2.75, 3.05) is 5.32 Å². The van der Waals surface area contributed by atoms with Gasteiger partial charge in [0.2, 0.25) is 0 Å². The lowest BCUT2D eigenvalue weighted by atomic mass is 9.89. The van der Waals surface area contributed by atoms with Crippen molar-refractivity contribution in [1.29, 1.82) is 0 Å². The summed E-state index contributed by atoms with van der Waals surface area (Å²) in [5.74, 6) is 0.320. The van der Waals surface area contributed by atoms with Gasteiger partial charge in [-0.05, 0) is 44.5 Å². The zero-order valence-corrected chi connectivity index (χ0v) is 13.4. The lowest BCUT2D eigenvalue weighted by molar-refractivity contribution is 0.0956. The van der Waals surface area contributed by atoms with E-state index in [9.17, 15) is 4.79 Å². The number of benzene rings is 1. The third-order valence-corrected chi connectivity index (χ3v) is 3.66. The molecule has 118 valence electrons. The number of hydrazone groups is 1. The summed E-state index contributed by atoms with van der Waals surface area (Å²) in [5, 5.41) is 7.35. The van der Waals surface area contributed by atoms with Gasteiger partial charge < -0.3 is 9.73 Å². The summed E-state index contributed by atoms with van der Waals surface area (Å²) in [6, 6.07) is 9.20. The maximum absolute atomic E-state index is 12.4. The summed E-state index contributed by atoms with van der Waals surface area (Å²) in [4.78, 5) is 12.4. The van der Waals surface area contributed by atoms with Crippen molar-refractivity contribution in [3.8, 4) is 0 Å². The average Bonchev–Trinajstić information content (AvgIpc) is 2.98. The summed E-state index contributed by atoms with van der Waals surface area (Å²) in [6.45, 7) is 6.20. The SMILES string of the molecule is CC1=CC(C)(C)Nc2c(C(=O)NN=Cc3ccco3)cccc21. The van der Waals surface area contributed by atoms with Crippen LogP contribution in [0.25, 0.3) is 5.57 Å². The lowest BCUT2D eigenvalue weighted by Crippen LogP contribution is -2.33. The molecule has 2 heterocycles. The molecule has 1 aliphatic rings. The number of carbonyl (C=O) groups excluding carboxylic acids is 1. The Labute approximate surface area is 135 Å². The first-order chi connectivity index (χ1) is 11.0. The number of anilines is 1. The van der Waals surface area contributed by atoms with Gasteiger partial charge in [-0.25, -0.2) is 5.43 Å². The van der Waals surface area contributed by atoms with Crippen LogP contribution in [0.4, 0.5) is 5.69 Å². The van der Waals surface area contributed by atoms with Gasteiger partial charge in [0.25, 0.3) is 5.91 Å². The minimum Gasteiger partial charge on any atom is -0.463 e. The Morgan fingerprint density at radius 1 is 1.30 bits per heavy atom. The van der Waals surface area contributed by atoms with Crippen molar-refractivity contribution < 1.29 is 9.21 Å². The van der Waals surface area contributed by atoms with Crippen LogP contribution in [0.5, 0.6) is 0 Å². The van der Waals surface area contributed by atoms with Gasteiger partial charge in [-0.2, -0.15) is 5.10 Å². The molecule has 0 aliphatic carbocycles. The van der Waals surface area contributed by atoms with Crippen molar-refractivity contribution in [3.63, 3.8) is 0 Å². The zero-order valence-electron chi connectivity index (χ0n) is 13.4. The average molecular weight is 309 g/mol. The predicted octanol–water partition coefficient (Wildman–Crippen LogP) is 3.65. The van der Waals surface area contributed by atoms with Crippen molar-refractivity contribution in [2.24, 2.45) is 5.10 Å². The highest BCUT2D eigenvalue weighted by molar-refractivity contribution is 6.03. The molecule has 23 heavy (non-hydrogen) atoms. The van der Waals surface area contributed by atoms with E-state index >= 15 is 0 Å². The zero-order chi connectivity index (χ0) is 16.4. The molecule has 5 nitrogen and oxygen atoms in total. The number of para-hydroxylation sites is 1. The number of hydrogen-bond donors (Lipinski definition) is 2. The van der Waals surface area contributed by atoms with E-state index in [1.54, 1.807) is 24.5 Å². The lowest BCUT2D eigenvalue weighted by Gasteiger charge is -2.32. The van der Waals surface area contributed by atoms with Crippen molar-refractivity contribution in [1.82, 2.24) is 5.43 Å². The van der Waals surface area contributed by atoms with Crippen LogP contribution < -0.4 is 10.7 Å². The highest BCUT2D eigenvalue weighted by Crippen LogP contribution is 2.35. The van der Waals surface area contributed by atoms with Gasteiger partial charge in [0, 0.05) is 5.56 Å². The number of carbonyl (C=O) groups is 1. The molecule has 2 aromatic rings. The second-order valence-electron chi connectivity index (χ2n) is 6.12. The highest BCUT2D eigenvalue weighted by Gasteiger charge is 2.26. The molecule has 0 unspecified atom stereocenters. The third kappa shape index (κ3) is 3.18. The maximum Gasteiger partial charge on any atom is 0.273 e. The molecular formula is C18H19N3O2. The van der Waals surface area contributed by atoms with Gasteiger partial charge in [-0.15, -0.1) is 0 Å². The Hall–Kier alpha value is -2.82. The first-order valence-electron chi connectivity index (χ1n) is 7.44. The molecule has 0 bridgehead atoms. The number of fused-ring (bicyclic) bond motifs is 1. The van der Waals surface area contributed by atoms with E-state index < -0.39 is 0 Å². The number of amides is 1. The highest BCUT2D eigenvalue weighted by atomic mass is 16.3. The van der Waals surface area contributed by atoms with E-state index in [1.165, 1.54) is 6.21 Å². The van der Waals surface area contributed by atoms with Gasteiger partial charge in [-0.1, -0.05) is 18.2 Å². The standard InChI is InChI=1S/C18H19N3O2/c1-12-10-18(2,3)20-16-14(12)7-4-8-15(16)17(22)21-19-11-13-6-5-9-23-13/h4-11,20H,1-3H3,(H,21,22). The Balaban J connectivity index is 1.85. The molecule has 5 heteroatoms. The summed E-state index contributed by atoms with van der Waals surface area (Å²) in [5.41, 5.74) is 5.93. The van der Waals surface area contributed by atoms with E-state index in [2.05, 4.69) is 42.7 Å². The normalized spacial score (nSPS) is 15.7. The number of nitrogens with zero attached hydrogens (tertiary/aromatic N) is 1. The first kappa shape index (κ1) is 15.1. The predicted molar refractivity (Wildman–Crippen MR) is 91.6 cm³/mol. The smallest absolute Gasteiger partial charge is 0.273 e. The largest absolute Gasteiger partial charge is 0.463 e. The van der Waals surface area contributed by atoms with E-state index in [1.807, 2.05) is 12.1 Å². The van der Waals surface area contributed by atoms with Crippen LogP contribution >= 0.6 is 0 Å². The molecule has 1 aromatic heterocycles. The number of nitrogens with one attached hydrogen (secondary N) is 2. The van der Waals surface area contributed by atoms with Crippen molar-refractivity contribution >= 4 is 23.4 Å². The second kappa shape index (κ2) is 5.76. The topological polar surface area (TPSA) is 66.6 Å². The Bertz CT molecular complexity index is 787. The molecular weight excluding hydrogens is 290 g/mol. The monoisotopic (exact) mass is 309 g/mol. The Morgan fingerprint density at radius 2 is 2.13 bits per heavy atom. The number of hydrogen-bond acceptors (Lipinski definition) is 4. The minimum atomic E-state index is -0.261. The Kier molecular flexibility index (Phi) is 3.78. The minimum absolute atomic E-state index is 0.203. The number of rotatable bonds is 3. The molecule has 2 N–H and O–H groups in total. The van der Waals surface area contributed by atoms with E-state index in [0.717, 1.165) is 16.8 Å². The Morgan fingerprint density at radius 3 is 2.87 bits per heavy atom. The molecule has 1 amide bonds. The molecule has 0 atom stereocenters. The van der Waals surface area contributed by atoms with Gasteiger partial charge in [0.15, 0.2) is 0 Å². The summed E-state index contributed by atoms with van der Waals surface area (Å²) >= 11 is 0. The summed E-state index contributed by atoms with van der Waals surface area (Å²) < 4.78 is 5.13. The fraction of sp³-hybridized carbons (Fsp3) is 0.222. The van der Waals surface area contributed by atoms with Gasteiger partial charge in [0.1, 0.15) is 5.76 Å². The van der Waals surface area contributed by atoms with Crippen molar-refractivity contribution in [2.45, 2.75) is 26.3 Å². The van der Waals surface area contributed by atoms with Crippen molar-refractivity contribution in [3.05, 3.63) is 59.6 Å². The summed E-state index contributed by atoms with van der Waals surface area (Å²) in [7, 11) is 0.